The molecule has 1 aromatic carbocycles. The molecule has 2 aromatic rings. The van der Waals surface area contributed by atoms with Crippen LogP contribution in [0.25, 0.3) is 0 Å². The summed E-state index contributed by atoms with van der Waals surface area (Å²) in [6, 6.07) is 7.89. The quantitative estimate of drug-likeness (QED) is 0.627. The Bertz CT molecular complexity index is 454. The van der Waals surface area contributed by atoms with Crippen LogP contribution < -0.4 is 11.3 Å². The van der Waals surface area contributed by atoms with Crippen molar-refractivity contribution in [3.8, 4) is 0 Å². The Morgan fingerprint density at radius 1 is 1.19 bits per heavy atom. The molecule has 0 unspecified atom stereocenters. The molecular formula is C10H11ClN4O. The summed E-state index contributed by atoms with van der Waals surface area (Å²) >= 11 is 5.79. The summed E-state index contributed by atoms with van der Waals surface area (Å²) in [5.41, 5.74) is 3.47. The van der Waals surface area contributed by atoms with Gasteiger partial charge >= 0.3 is 6.01 Å². The highest BCUT2D eigenvalue weighted by molar-refractivity contribution is 6.30. The molecule has 2 rings (SSSR count). The first-order valence-electron chi connectivity index (χ1n) is 4.81. The van der Waals surface area contributed by atoms with Gasteiger partial charge in [-0.3, -0.25) is 5.43 Å². The maximum atomic E-state index is 5.79. The largest absolute Gasteiger partial charge is 0.407 e. The van der Waals surface area contributed by atoms with Gasteiger partial charge in [0.05, 0.1) is 0 Å². The highest BCUT2D eigenvalue weighted by Gasteiger charge is 2.04. The molecule has 0 aliphatic carbocycles. The van der Waals surface area contributed by atoms with Crippen LogP contribution in [-0.4, -0.2) is 10.2 Å². The number of nitrogens with one attached hydrogen (secondary N) is 1. The summed E-state index contributed by atoms with van der Waals surface area (Å²) in [6.45, 7) is 0. The number of hydrogen-bond acceptors (Lipinski definition) is 5. The highest BCUT2D eigenvalue weighted by atomic mass is 35.5. The first kappa shape index (κ1) is 10.9. The van der Waals surface area contributed by atoms with Crippen molar-refractivity contribution in [1.82, 2.24) is 10.2 Å². The molecule has 84 valence electrons. The maximum absolute atomic E-state index is 5.79. The molecule has 0 saturated carbocycles. The second-order valence-electron chi connectivity index (χ2n) is 3.27. The Hall–Kier alpha value is -1.59. The van der Waals surface area contributed by atoms with Crippen LogP contribution in [0.3, 0.4) is 0 Å². The molecule has 0 saturated heterocycles. The zero-order valence-corrected chi connectivity index (χ0v) is 9.24. The monoisotopic (exact) mass is 238 g/mol. The average molecular weight is 239 g/mol. The number of rotatable bonds is 4. The van der Waals surface area contributed by atoms with Crippen molar-refractivity contribution in [3.05, 3.63) is 40.7 Å². The Balaban J connectivity index is 1.94. The van der Waals surface area contributed by atoms with Gasteiger partial charge in [0.1, 0.15) is 0 Å². The second kappa shape index (κ2) is 4.96. The molecule has 3 N–H and O–H groups in total. The summed E-state index contributed by atoms with van der Waals surface area (Å²) in [7, 11) is 0. The van der Waals surface area contributed by atoms with Crippen molar-refractivity contribution in [3.63, 3.8) is 0 Å². The number of nitrogen functional groups attached to an aromatic ring is 1. The third-order valence-corrected chi connectivity index (χ3v) is 2.38. The van der Waals surface area contributed by atoms with Gasteiger partial charge in [0.25, 0.3) is 0 Å². The summed E-state index contributed by atoms with van der Waals surface area (Å²) < 4.78 is 5.19. The van der Waals surface area contributed by atoms with E-state index in [0.29, 0.717) is 12.3 Å². The van der Waals surface area contributed by atoms with Crippen LogP contribution in [0, 0.1) is 0 Å². The lowest BCUT2D eigenvalue weighted by Crippen LogP contribution is -2.06. The van der Waals surface area contributed by atoms with Crippen molar-refractivity contribution in [1.29, 1.82) is 0 Å². The number of aryl methyl sites for hydroxylation is 2. The lowest BCUT2D eigenvalue weighted by molar-refractivity contribution is 0.504. The zero-order chi connectivity index (χ0) is 11.4. The van der Waals surface area contributed by atoms with E-state index in [1.54, 1.807) is 0 Å². The summed E-state index contributed by atoms with van der Waals surface area (Å²) in [5, 5.41) is 8.25. The molecule has 0 aliphatic rings. The molecule has 0 atom stereocenters. The predicted octanol–water partition coefficient (Wildman–Crippen LogP) is 1.79. The fourth-order valence-electron chi connectivity index (χ4n) is 1.32. The Kier molecular flexibility index (Phi) is 3.38. The van der Waals surface area contributed by atoms with Gasteiger partial charge in [-0.15, -0.1) is 5.10 Å². The van der Waals surface area contributed by atoms with Gasteiger partial charge in [0, 0.05) is 11.4 Å². The van der Waals surface area contributed by atoms with E-state index in [-0.39, 0.29) is 6.01 Å². The van der Waals surface area contributed by atoms with Crippen molar-refractivity contribution in [2.24, 2.45) is 5.84 Å². The van der Waals surface area contributed by atoms with Crippen LogP contribution in [-0.2, 0) is 12.8 Å². The van der Waals surface area contributed by atoms with Gasteiger partial charge in [-0.25, -0.2) is 5.84 Å². The minimum Gasteiger partial charge on any atom is -0.407 e. The Labute approximate surface area is 97.6 Å². The third-order valence-electron chi connectivity index (χ3n) is 2.13. The highest BCUT2D eigenvalue weighted by Crippen LogP contribution is 2.12. The van der Waals surface area contributed by atoms with E-state index in [9.17, 15) is 0 Å². The van der Waals surface area contributed by atoms with E-state index < -0.39 is 0 Å². The number of hydrogen-bond donors (Lipinski definition) is 2. The van der Waals surface area contributed by atoms with Crippen molar-refractivity contribution in [2.45, 2.75) is 12.8 Å². The van der Waals surface area contributed by atoms with Crippen LogP contribution in [0.5, 0.6) is 0 Å². The van der Waals surface area contributed by atoms with Crippen molar-refractivity contribution >= 4 is 17.6 Å². The molecule has 0 fully saturated rings. The molecule has 16 heavy (non-hydrogen) atoms. The van der Waals surface area contributed by atoms with Crippen LogP contribution in [0.4, 0.5) is 6.01 Å². The lowest BCUT2D eigenvalue weighted by Gasteiger charge is -1.98. The Morgan fingerprint density at radius 3 is 2.56 bits per heavy atom. The molecular weight excluding hydrogens is 228 g/mol. The molecule has 1 heterocycles. The minimum atomic E-state index is 0.228. The standard InChI is InChI=1S/C10H11ClN4O/c11-8-4-1-7(2-5-8)3-6-9-14-15-10(13-12)16-9/h1-2,4-5H,3,6,12H2,(H,13,15). The van der Waals surface area contributed by atoms with Gasteiger partial charge in [0.15, 0.2) is 0 Å². The topological polar surface area (TPSA) is 77.0 Å². The smallest absolute Gasteiger partial charge is 0.330 e. The van der Waals surface area contributed by atoms with Crippen LogP contribution in [0.2, 0.25) is 5.02 Å². The molecule has 1 aromatic heterocycles. The van der Waals surface area contributed by atoms with Crippen molar-refractivity contribution in [2.75, 3.05) is 5.43 Å². The number of benzene rings is 1. The van der Waals surface area contributed by atoms with E-state index in [1.807, 2.05) is 24.3 Å². The first-order valence-corrected chi connectivity index (χ1v) is 5.19. The summed E-state index contributed by atoms with van der Waals surface area (Å²) in [4.78, 5) is 0. The molecule has 0 bridgehead atoms. The zero-order valence-electron chi connectivity index (χ0n) is 8.48. The van der Waals surface area contributed by atoms with Crippen LogP contribution in [0.15, 0.2) is 28.7 Å². The number of hydrazine groups is 1. The van der Waals surface area contributed by atoms with Gasteiger partial charge in [-0.05, 0) is 24.1 Å². The molecule has 0 amide bonds. The van der Waals surface area contributed by atoms with E-state index in [0.717, 1.165) is 11.4 Å². The minimum absolute atomic E-state index is 0.228. The molecule has 0 radical (unpaired) electrons. The summed E-state index contributed by atoms with van der Waals surface area (Å²) in [6.07, 6.45) is 1.50. The number of aromatic nitrogens is 2. The predicted molar refractivity (Wildman–Crippen MR) is 61.0 cm³/mol. The van der Waals surface area contributed by atoms with Gasteiger partial charge in [-0.2, -0.15) is 0 Å². The van der Waals surface area contributed by atoms with Crippen LogP contribution >= 0.6 is 11.6 Å². The summed E-state index contributed by atoms with van der Waals surface area (Å²) in [5.74, 6) is 5.68. The lowest BCUT2D eigenvalue weighted by atomic mass is 10.1. The SMILES string of the molecule is NNc1nnc(CCc2ccc(Cl)cc2)o1. The molecule has 5 nitrogen and oxygen atoms in total. The van der Waals surface area contributed by atoms with Gasteiger partial charge < -0.3 is 4.42 Å². The fraction of sp³-hybridized carbons (Fsp3) is 0.200. The molecule has 6 heteroatoms. The van der Waals surface area contributed by atoms with Crippen molar-refractivity contribution < 1.29 is 4.42 Å². The number of anilines is 1. The Morgan fingerprint density at radius 2 is 1.94 bits per heavy atom. The van der Waals surface area contributed by atoms with Gasteiger partial charge in [-0.1, -0.05) is 28.8 Å². The van der Waals surface area contributed by atoms with E-state index in [2.05, 4.69) is 15.6 Å². The van der Waals surface area contributed by atoms with E-state index >= 15 is 0 Å². The fourth-order valence-corrected chi connectivity index (χ4v) is 1.44. The normalized spacial score (nSPS) is 10.4. The number of nitrogens with zero attached hydrogens (tertiary/aromatic N) is 2. The second-order valence-corrected chi connectivity index (χ2v) is 3.71. The number of nitrogens with two attached hydrogens (primary N) is 1. The van der Waals surface area contributed by atoms with E-state index in [1.165, 1.54) is 5.56 Å². The third kappa shape index (κ3) is 2.71. The van der Waals surface area contributed by atoms with Gasteiger partial charge in [0.2, 0.25) is 5.89 Å². The number of halogens is 1. The average Bonchev–Trinajstić information content (AvgIpc) is 2.76. The van der Waals surface area contributed by atoms with E-state index in [4.69, 9.17) is 21.9 Å². The molecule has 0 aliphatic heterocycles. The van der Waals surface area contributed by atoms with Crippen LogP contribution in [0.1, 0.15) is 11.5 Å². The maximum Gasteiger partial charge on any atom is 0.330 e. The molecule has 0 spiro atoms. The first-order chi connectivity index (χ1) is 7.78.